The van der Waals surface area contributed by atoms with Gasteiger partial charge in [-0.05, 0) is 25.1 Å². The third-order valence-electron chi connectivity index (χ3n) is 3.05. The molecule has 2 heterocycles. The number of anilines is 1. The first-order valence-corrected chi connectivity index (χ1v) is 6.87. The second kappa shape index (κ2) is 4.79. The van der Waals surface area contributed by atoms with E-state index in [0.29, 0.717) is 0 Å². The van der Waals surface area contributed by atoms with Gasteiger partial charge in [0.2, 0.25) is 0 Å². The summed E-state index contributed by atoms with van der Waals surface area (Å²) in [6.07, 6.45) is 7.45. The highest BCUT2D eigenvalue weighted by atomic mass is 32.1. The van der Waals surface area contributed by atoms with Gasteiger partial charge in [0, 0.05) is 22.8 Å². The normalized spacial score (nSPS) is 10.5. The number of benzene rings is 1. The highest BCUT2D eigenvalue weighted by Crippen LogP contribution is 2.18. The Morgan fingerprint density at radius 1 is 1.47 bits per heavy atom. The maximum absolute atomic E-state index is 5.40. The van der Waals surface area contributed by atoms with E-state index in [9.17, 15) is 0 Å². The van der Waals surface area contributed by atoms with E-state index in [2.05, 4.69) is 26.8 Å². The van der Waals surface area contributed by atoms with Crippen molar-refractivity contribution in [3.63, 3.8) is 0 Å². The number of nitrogens with zero attached hydrogens (tertiary/aromatic N) is 2. The number of terminal acetylenes is 1. The highest BCUT2D eigenvalue weighted by molar-refractivity contribution is 7.15. The maximum Gasteiger partial charge on any atom is 0.194 e. The van der Waals surface area contributed by atoms with Gasteiger partial charge in [-0.3, -0.25) is 4.40 Å². The van der Waals surface area contributed by atoms with Crippen LogP contribution in [0.15, 0.2) is 35.8 Å². The third kappa shape index (κ3) is 2.20. The lowest BCUT2D eigenvalue weighted by molar-refractivity contribution is 0.994. The van der Waals surface area contributed by atoms with Gasteiger partial charge in [-0.2, -0.15) is 0 Å². The minimum Gasteiger partial charge on any atom is -0.379 e. The second-order valence-corrected chi connectivity index (χ2v) is 5.15. The summed E-state index contributed by atoms with van der Waals surface area (Å²) in [6, 6.07) is 7.87. The molecule has 3 nitrogen and oxygen atoms in total. The Labute approximate surface area is 115 Å². The van der Waals surface area contributed by atoms with Gasteiger partial charge in [0.25, 0.3) is 0 Å². The molecule has 0 unspecified atom stereocenters. The molecule has 0 spiro atoms. The first kappa shape index (κ1) is 11.8. The Morgan fingerprint density at radius 3 is 3.21 bits per heavy atom. The Bertz CT molecular complexity index is 761. The first-order valence-electron chi connectivity index (χ1n) is 5.99. The summed E-state index contributed by atoms with van der Waals surface area (Å²) in [5, 5.41) is 5.44. The minimum absolute atomic E-state index is 0.734. The van der Waals surface area contributed by atoms with E-state index in [0.717, 1.165) is 28.5 Å². The van der Waals surface area contributed by atoms with Crippen molar-refractivity contribution in [2.45, 2.75) is 13.5 Å². The summed E-state index contributed by atoms with van der Waals surface area (Å²) in [6.45, 7) is 2.77. The molecule has 0 saturated carbocycles. The molecule has 19 heavy (non-hydrogen) atoms. The van der Waals surface area contributed by atoms with Crippen molar-refractivity contribution in [1.29, 1.82) is 0 Å². The Kier molecular flexibility index (Phi) is 2.98. The molecule has 94 valence electrons. The van der Waals surface area contributed by atoms with Crippen molar-refractivity contribution in [1.82, 2.24) is 9.38 Å². The van der Waals surface area contributed by atoms with Gasteiger partial charge >= 0.3 is 0 Å². The monoisotopic (exact) mass is 267 g/mol. The zero-order valence-electron chi connectivity index (χ0n) is 10.6. The SMILES string of the molecule is C#Cc1cccc(NCc2c(C)nc3sccn23)c1. The highest BCUT2D eigenvalue weighted by Gasteiger charge is 2.08. The van der Waals surface area contributed by atoms with Crippen LogP contribution < -0.4 is 5.32 Å². The molecule has 0 aliphatic rings. The van der Waals surface area contributed by atoms with Crippen LogP contribution in [0.25, 0.3) is 4.96 Å². The van der Waals surface area contributed by atoms with E-state index in [1.165, 1.54) is 5.69 Å². The lowest BCUT2D eigenvalue weighted by Gasteiger charge is -2.07. The molecule has 0 bridgehead atoms. The van der Waals surface area contributed by atoms with Gasteiger partial charge in [0.1, 0.15) is 0 Å². The van der Waals surface area contributed by atoms with Crippen molar-refractivity contribution in [2.24, 2.45) is 0 Å². The van der Waals surface area contributed by atoms with Crippen LogP contribution in [-0.4, -0.2) is 9.38 Å². The van der Waals surface area contributed by atoms with Gasteiger partial charge < -0.3 is 5.32 Å². The predicted molar refractivity (Wildman–Crippen MR) is 79.5 cm³/mol. The standard InChI is InChI=1S/C15H13N3S/c1-3-12-5-4-6-13(9-12)16-10-14-11(2)17-15-18(14)7-8-19-15/h1,4-9,16H,10H2,2H3. The molecule has 3 rings (SSSR count). The summed E-state index contributed by atoms with van der Waals surface area (Å²) in [5.41, 5.74) is 4.16. The molecular formula is C15H13N3S. The van der Waals surface area contributed by atoms with E-state index < -0.39 is 0 Å². The summed E-state index contributed by atoms with van der Waals surface area (Å²) in [5.74, 6) is 2.64. The molecule has 1 N–H and O–H groups in total. The van der Waals surface area contributed by atoms with E-state index in [4.69, 9.17) is 6.42 Å². The number of aromatic nitrogens is 2. The smallest absolute Gasteiger partial charge is 0.194 e. The number of imidazole rings is 1. The largest absolute Gasteiger partial charge is 0.379 e. The van der Waals surface area contributed by atoms with Crippen LogP contribution in [0.5, 0.6) is 0 Å². The molecule has 0 fully saturated rings. The fraction of sp³-hybridized carbons (Fsp3) is 0.133. The van der Waals surface area contributed by atoms with Crippen LogP contribution in [0, 0.1) is 19.3 Å². The fourth-order valence-corrected chi connectivity index (χ4v) is 2.84. The number of nitrogens with one attached hydrogen (secondary N) is 1. The summed E-state index contributed by atoms with van der Waals surface area (Å²) in [4.78, 5) is 5.56. The molecule has 0 amide bonds. The Balaban J connectivity index is 1.84. The molecule has 0 saturated heterocycles. The van der Waals surface area contributed by atoms with E-state index in [1.54, 1.807) is 11.3 Å². The lowest BCUT2D eigenvalue weighted by Crippen LogP contribution is -2.03. The summed E-state index contributed by atoms with van der Waals surface area (Å²) < 4.78 is 2.12. The van der Waals surface area contributed by atoms with E-state index >= 15 is 0 Å². The van der Waals surface area contributed by atoms with Gasteiger partial charge in [-0.25, -0.2) is 4.98 Å². The average Bonchev–Trinajstić information content (AvgIpc) is 2.97. The molecule has 0 aliphatic heterocycles. The van der Waals surface area contributed by atoms with Gasteiger partial charge in [-0.15, -0.1) is 17.8 Å². The topological polar surface area (TPSA) is 29.3 Å². The third-order valence-corrected chi connectivity index (χ3v) is 3.81. The minimum atomic E-state index is 0.734. The van der Waals surface area contributed by atoms with Gasteiger partial charge in [-0.1, -0.05) is 12.0 Å². The summed E-state index contributed by atoms with van der Waals surface area (Å²) in [7, 11) is 0. The van der Waals surface area contributed by atoms with Gasteiger partial charge in [0.05, 0.1) is 17.9 Å². The number of aryl methyl sites for hydroxylation is 1. The molecular weight excluding hydrogens is 254 g/mol. The van der Waals surface area contributed by atoms with Crippen LogP contribution in [0.2, 0.25) is 0 Å². The average molecular weight is 267 g/mol. The quantitative estimate of drug-likeness (QED) is 0.738. The number of thiazole rings is 1. The molecule has 0 radical (unpaired) electrons. The molecule has 0 aliphatic carbocycles. The second-order valence-electron chi connectivity index (χ2n) is 4.28. The lowest BCUT2D eigenvalue weighted by atomic mass is 10.2. The van der Waals surface area contributed by atoms with Crippen molar-refractivity contribution >= 4 is 22.0 Å². The zero-order chi connectivity index (χ0) is 13.2. The van der Waals surface area contributed by atoms with Gasteiger partial charge in [0.15, 0.2) is 4.96 Å². The van der Waals surface area contributed by atoms with Crippen molar-refractivity contribution in [3.05, 3.63) is 52.8 Å². The van der Waals surface area contributed by atoms with Crippen molar-refractivity contribution < 1.29 is 0 Å². The Hall–Kier alpha value is -2.25. The van der Waals surface area contributed by atoms with E-state index in [1.807, 2.05) is 36.6 Å². The molecule has 4 heteroatoms. The van der Waals surface area contributed by atoms with Crippen LogP contribution in [0.1, 0.15) is 17.0 Å². The van der Waals surface area contributed by atoms with Crippen LogP contribution in [-0.2, 0) is 6.54 Å². The number of hydrogen-bond donors (Lipinski definition) is 1. The molecule has 1 aromatic carbocycles. The first-order chi connectivity index (χ1) is 9.28. The number of fused-ring (bicyclic) bond motifs is 1. The maximum atomic E-state index is 5.40. The zero-order valence-corrected chi connectivity index (χ0v) is 11.4. The van der Waals surface area contributed by atoms with Crippen molar-refractivity contribution in [2.75, 3.05) is 5.32 Å². The summed E-state index contributed by atoms with van der Waals surface area (Å²) >= 11 is 1.65. The van der Waals surface area contributed by atoms with Crippen LogP contribution in [0.3, 0.4) is 0 Å². The van der Waals surface area contributed by atoms with E-state index in [-0.39, 0.29) is 0 Å². The number of rotatable bonds is 3. The molecule has 2 aromatic heterocycles. The molecule has 0 atom stereocenters. The van der Waals surface area contributed by atoms with Crippen LogP contribution >= 0.6 is 11.3 Å². The number of hydrogen-bond acceptors (Lipinski definition) is 3. The van der Waals surface area contributed by atoms with Crippen LogP contribution in [0.4, 0.5) is 5.69 Å². The van der Waals surface area contributed by atoms with Crippen molar-refractivity contribution in [3.8, 4) is 12.3 Å². The predicted octanol–water partition coefficient (Wildman–Crippen LogP) is 3.30. The fourth-order valence-electron chi connectivity index (χ4n) is 2.06. The Morgan fingerprint density at radius 2 is 2.37 bits per heavy atom. The molecule has 3 aromatic rings.